The van der Waals surface area contributed by atoms with Gasteiger partial charge in [0, 0.05) is 35.4 Å². The Bertz CT molecular complexity index is 1360. The van der Waals surface area contributed by atoms with Crippen LogP contribution in [0.5, 0.6) is 0 Å². The first-order valence-electron chi connectivity index (χ1n) is 12.2. The van der Waals surface area contributed by atoms with Gasteiger partial charge in [0.2, 0.25) is 0 Å². The van der Waals surface area contributed by atoms with Crippen molar-refractivity contribution in [3.63, 3.8) is 0 Å². The van der Waals surface area contributed by atoms with E-state index < -0.39 is 29.6 Å². The van der Waals surface area contributed by atoms with Crippen molar-refractivity contribution in [1.29, 1.82) is 0 Å². The van der Waals surface area contributed by atoms with Crippen molar-refractivity contribution >= 4 is 10.9 Å². The molecule has 3 nitrogen and oxygen atoms in total. The Kier molecular flexibility index (Phi) is 5.15. The molecule has 0 amide bonds. The van der Waals surface area contributed by atoms with Crippen LogP contribution >= 0.6 is 0 Å². The minimum Gasteiger partial charge on any atom is -0.382 e. The van der Waals surface area contributed by atoms with Crippen molar-refractivity contribution in [3.05, 3.63) is 89.6 Å². The maximum absolute atomic E-state index is 13.6. The topological polar surface area (TPSA) is 33.1 Å². The fourth-order valence-electron chi connectivity index (χ4n) is 7.62. The summed E-state index contributed by atoms with van der Waals surface area (Å²) >= 11 is 0. The summed E-state index contributed by atoms with van der Waals surface area (Å²) < 4.78 is 81.7. The van der Waals surface area contributed by atoms with Crippen LogP contribution in [0.25, 0.3) is 10.9 Å². The number of hydrogen-bond donors (Lipinski definition) is 1. The van der Waals surface area contributed by atoms with E-state index in [0.29, 0.717) is 24.0 Å². The minimum atomic E-state index is -4.91. The molecule has 6 rings (SSSR count). The molecule has 0 bridgehead atoms. The number of hydrogen-bond acceptors (Lipinski definition) is 2. The Morgan fingerprint density at radius 1 is 1.05 bits per heavy atom. The molecule has 1 N–H and O–H groups in total. The number of para-hydroxylation sites is 1. The number of rotatable bonds is 5. The van der Waals surface area contributed by atoms with Crippen molar-refractivity contribution in [2.45, 2.75) is 49.4 Å². The lowest BCUT2D eigenvalue weighted by Gasteiger charge is -2.60. The third kappa shape index (κ3) is 3.39. The maximum Gasteiger partial charge on any atom is 0.416 e. The second-order valence-corrected chi connectivity index (χ2v) is 10.6. The van der Waals surface area contributed by atoms with Crippen LogP contribution in [-0.2, 0) is 18.9 Å². The number of benzene rings is 2. The number of nitrogens with zero attached hydrogens (tertiary/aromatic N) is 2. The van der Waals surface area contributed by atoms with E-state index in [1.165, 1.54) is 0 Å². The molecule has 2 aliphatic heterocycles. The molecular weight excluding hydrogens is 494 g/mol. The largest absolute Gasteiger partial charge is 0.416 e. The number of aliphatic hydroxyl groups excluding tert-OH is 1. The van der Waals surface area contributed by atoms with E-state index >= 15 is 0 Å². The Balaban J connectivity index is 1.44. The van der Waals surface area contributed by atoms with Crippen LogP contribution in [-0.4, -0.2) is 32.7 Å². The molecule has 2 saturated heterocycles. The molecule has 194 valence electrons. The highest BCUT2D eigenvalue weighted by Crippen LogP contribution is 2.76. The number of fused-ring (bicyclic) bond motifs is 1. The van der Waals surface area contributed by atoms with Crippen molar-refractivity contribution < 1.29 is 35.9 Å². The van der Waals surface area contributed by atoms with Crippen molar-refractivity contribution in [1.82, 2.24) is 4.98 Å². The Labute approximate surface area is 209 Å². The van der Waals surface area contributed by atoms with Crippen LogP contribution in [0.15, 0.2) is 67.4 Å². The molecule has 3 aliphatic rings. The summed E-state index contributed by atoms with van der Waals surface area (Å²) in [6, 6.07) is 10.6. The zero-order chi connectivity index (χ0) is 26.4. The minimum absolute atomic E-state index is 0.0153. The van der Waals surface area contributed by atoms with Crippen molar-refractivity contribution in [2.75, 3.05) is 6.54 Å². The average molecular weight is 520 g/mol. The number of piperidine rings is 1. The van der Waals surface area contributed by atoms with Gasteiger partial charge in [-0.15, -0.1) is 6.58 Å². The predicted octanol–water partition coefficient (Wildman–Crippen LogP) is 6.67. The molecule has 1 aromatic heterocycles. The van der Waals surface area contributed by atoms with Gasteiger partial charge >= 0.3 is 12.4 Å². The fourth-order valence-corrected chi connectivity index (χ4v) is 7.62. The van der Waals surface area contributed by atoms with Crippen LogP contribution in [0.3, 0.4) is 0 Å². The van der Waals surface area contributed by atoms with Gasteiger partial charge in [-0.1, -0.05) is 24.3 Å². The van der Waals surface area contributed by atoms with Gasteiger partial charge in [-0.25, -0.2) is 0 Å². The number of halogens is 6. The number of aromatic nitrogens is 1. The molecule has 1 spiro atoms. The van der Waals surface area contributed by atoms with Crippen molar-refractivity contribution in [3.8, 4) is 0 Å². The van der Waals surface area contributed by atoms with Gasteiger partial charge in [0.1, 0.15) is 24.2 Å². The lowest BCUT2D eigenvalue weighted by Crippen LogP contribution is -2.73. The third-order valence-corrected chi connectivity index (χ3v) is 9.11. The normalized spacial score (nSPS) is 31.4. The number of quaternary nitrogens is 1. The second kappa shape index (κ2) is 7.80. The summed E-state index contributed by atoms with van der Waals surface area (Å²) in [5.41, 5.74) is -1.57. The molecule has 1 saturated carbocycles. The molecule has 2 aromatic carbocycles. The van der Waals surface area contributed by atoms with E-state index in [4.69, 9.17) is 0 Å². The van der Waals surface area contributed by atoms with Crippen LogP contribution < -0.4 is 0 Å². The van der Waals surface area contributed by atoms with E-state index in [0.717, 1.165) is 23.9 Å². The Morgan fingerprint density at radius 2 is 1.73 bits per heavy atom. The Hall–Kier alpha value is -2.91. The summed E-state index contributed by atoms with van der Waals surface area (Å²) in [4.78, 5) is 4.35. The zero-order valence-electron chi connectivity index (χ0n) is 19.7. The summed E-state index contributed by atoms with van der Waals surface area (Å²) in [5, 5.41) is 12.4. The average Bonchev–Trinajstić information content (AvgIpc) is 3.46. The summed E-state index contributed by atoms with van der Waals surface area (Å²) in [5.74, 6) is 0.405. The summed E-state index contributed by atoms with van der Waals surface area (Å²) in [7, 11) is 0. The predicted molar refractivity (Wildman–Crippen MR) is 125 cm³/mol. The molecule has 37 heavy (non-hydrogen) atoms. The SMILES string of the molecule is C=CC1C2CC[N+]3(Cc4cc(C(F)(F)F)cc(C(F)(F)F)c4)C([C@H](O)c4ccnc5ccccc45)CC123. The van der Waals surface area contributed by atoms with Crippen LogP contribution in [0.2, 0.25) is 0 Å². The van der Waals surface area contributed by atoms with Gasteiger partial charge in [-0.2, -0.15) is 26.3 Å². The van der Waals surface area contributed by atoms with Crippen LogP contribution in [0, 0.1) is 11.8 Å². The summed E-state index contributed by atoms with van der Waals surface area (Å²) in [6.45, 7) is 4.51. The molecule has 3 heterocycles. The van der Waals surface area contributed by atoms with Gasteiger partial charge < -0.3 is 9.59 Å². The van der Waals surface area contributed by atoms with Crippen molar-refractivity contribution in [2.24, 2.45) is 11.8 Å². The molecular formula is C28H25F6N2O+. The molecule has 1 aliphatic carbocycles. The summed E-state index contributed by atoms with van der Waals surface area (Å²) in [6.07, 6.45) is -5.87. The van der Waals surface area contributed by atoms with Gasteiger partial charge in [0.05, 0.1) is 29.6 Å². The lowest BCUT2D eigenvalue weighted by atomic mass is 9.77. The van der Waals surface area contributed by atoms with Gasteiger partial charge in [0.25, 0.3) is 0 Å². The van der Waals surface area contributed by atoms with E-state index in [-0.39, 0.29) is 46.1 Å². The van der Waals surface area contributed by atoms with Gasteiger partial charge in [-0.3, -0.25) is 4.98 Å². The number of aliphatic hydroxyl groups is 1. The number of pyridine rings is 1. The standard InChI is InChI=1S/C28H25F6N2O/c1-2-21-22-8-10-36(15-16-11-17(27(29,30)31)13-18(12-16)28(32,33)34)24(14-26(21,22)36)25(37)20-7-9-35-23-6-4-3-5-19(20)23/h2-7,9,11-13,21-22,24-25,37H,1,8,10,14-15H2/q+1/t21?,22?,24?,25-,26?,36?/m1/s1. The molecule has 6 atom stereocenters. The second-order valence-electron chi connectivity index (χ2n) is 10.6. The quantitative estimate of drug-likeness (QED) is 0.232. The smallest absolute Gasteiger partial charge is 0.382 e. The third-order valence-electron chi connectivity index (χ3n) is 9.11. The van der Waals surface area contributed by atoms with Crippen LogP contribution in [0.1, 0.15) is 41.2 Å². The first-order valence-corrected chi connectivity index (χ1v) is 12.2. The Morgan fingerprint density at radius 3 is 2.35 bits per heavy atom. The van der Waals surface area contributed by atoms with E-state index in [2.05, 4.69) is 11.6 Å². The lowest BCUT2D eigenvalue weighted by molar-refractivity contribution is -1.03. The highest BCUT2D eigenvalue weighted by atomic mass is 19.4. The highest BCUT2D eigenvalue weighted by Gasteiger charge is 2.87. The van der Waals surface area contributed by atoms with Gasteiger partial charge in [-0.05, 0) is 35.9 Å². The molecule has 9 heteroatoms. The highest BCUT2D eigenvalue weighted by molar-refractivity contribution is 5.82. The van der Waals surface area contributed by atoms with E-state index in [1.807, 2.05) is 30.3 Å². The fraction of sp³-hybridized carbons (Fsp3) is 0.393. The molecule has 5 unspecified atom stereocenters. The monoisotopic (exact) mass is 519 g/mol. The molecule has 3 aromatic rings. The first kappa shape index (κ1) is 24.4. The molecule has 3 fully saturated rings. The van der Waals surface area contributed by atoms with Gasteiger partial charge in [0.15, 0.2) is 0 Å². The molecule has 0 radical (unpaired) electrons. The number of alkyl halides is 6. The van der Waals surface area contributed by atoms with Crippen LogP contribution in [0.4, 0.5) is 26.3 Å². The van der Waals surface area contributed by atoms with E-state index in [9.17, 15) is 31.4 Å². The van der Waals surface area contributed by atoms with E-state index in [1.54, 1.807) is 12.3 Å². The maximum atomic E-state index is 13.6. The zero-order valence-corrected chi connectivity index (χ0v) is 19.7. The first-order chi connectivity index (χ1) is 17.4.